The molecule has 168 valence electrons. The van der Waals surface area contributed by atoms with Gasteiger partial charge in [-0.3, -0.25) is 19.3 Å². The Bertz CT molecular complexity index is 1320. The highest BCUT2D eigenvalue weighted by Gasteiger charge is 2.37. The fourth-order valence-electron chi connectivity index (χ4n) is 4.92. The Kier molecular flexibility index (Phi) is 4.74. The summed E-state index contributed by atoms with van der Waals surface area (Å²) in [6, 6.07) is 12.6. The highest BCUT2D eigenvalue weighted by Crippen LogP contribution is 2.41. The maximum absolute atomic E-state index is 13.2. The first-order chi connectivity index (χ1) is 15.7. The van der Waals surface area contributed by atoms with Crippen LogP contribution in [0.1, 0.15) is 74.2 Å². The average Bonchev–Trinajstić information content (AvgIpc) is 3.28. The summed E-state index contributed by atoms with van der Waals surface area (Å²) in [5.41, 5.74) is 5.21. The molecule has 0 fully saturated rings. The third-order valence-corrected chi connectivity index (χ3v) is 6.68. The molecule has 0 unspecified atom stereocenters. The van der Waals surface area contributed by atoms with E-state index in [1.165, 1.54) is 13.1 Å². The number of para-hydroxylation sites is 1. The average molecular weight is 443 g/mol. The second kappa shape index (κ2) is 7.40. The number of imide groups is 1. The van der Waals surface area contributed by atoms with Crippen LogP contribution in [0.5, 0.6) is 0 Å². The van der Waals surface area contributed by atoms with Crippen molar-refractivity contribution in [1.29, 1.82) is 0 Å². The van der Waals surface area contributed by atoms with E-state index in [2.05, 4.69) is 43.3 Å². The number of carbonyl (C=O) groups excluding carboxylic acids is 3. The number of carbonyl (C=O) groups is 3. The van der Waals surface area contributed by atoms with Crippen molar-refractivity contribution in [1.82, 2.24) is 20.0 Å². The summed E-state index contributed by atoms with van der Waals surface area (Å²) >= 11 is 0. The van der Waals surface area contributed by atoms with Crippen molar-refractivity contribution < 1.29 is 14.4 Å². The maximum Gasteiger partial charge on any atom is 0.261 e. The van der Waals surface area contributed by atoms with Crippen molar-refractivity contribution in [2.24, 2.45) is 5.41 Å². The molecule has 3 aromatic rings. The number of benzene rings is 2. The first kappa shape index (κ1) is 21.1. The van der Waals surface area contributed by atoms with E-state index >= 15 is 0 Å². The standard InChI is InChI=1S/C26H26N4O3/c1-15-7-5-6-8-21(15)30-22-13-26(2,3)12-20(19(22)14-27-30)28-23(31)16-9-10-17-18(11-16)25(33)29(4)24(17)32/h5-11,14,20H,12-13H2,1-4H3,(H,28,31)/t20-/m0/s1. The lowest BCUT2D eigenvalue weighted by Gasteiger charge is -2.36. The zero-order valence-corrected chi connectivity index (χ0v) is 19.2. The molecule has 1 atom stereocenters. The van der Waals surface area contributed by atoms with Gasteiger partial charge >= 0.3 is 0 Å². The number of aryl methyl sites for hydroxylation is 1. The molecular formula is C26H26N4O3. The Labute approximate surface area is 192 Å². The largest absolute Gasteiger partial charge is 0.345 e. The van der Waals surface area contributed by atoms with Gasteiger partial charge in [-0.2, -0.15) is 5.10 Å². The molecule has 0 radical (unpaired) electrons. The summed E-state index contributed by atoms with van der Waals surface area (Å²) in [7, 11) is 1.45. The predicted octanol–water partition coefficient (Wildman–Crippen LogP) is 3.85. The lowest BCUT2D eigenvalue weighted by atomic mass is 9.74. The van der Waals surface area contributed by atoms with Gasteiger partial charge < -0.3 is 5.32 Å². The Balaban J connectivity index is 1.47. The predicted molar refractivity (Wildman–Crippen MR) is 123 cm³/mol. The number of rotatable bonds is 3. The Morgan fingerprint density at radius 3 is 2.58 bits per heavy atom. The molecule has 3 amide bonds. The molecule has 0 bridgehead atoms. The Hall–Kier alpha value is -3.74. The number of hydrogen-bond donors (Lipinski definition) is 1. The third-order valence-electron chi connectivity index (χ3n) is 6.68. The molecule has 7 heteroatoms. The number of aromatic nitrogens is 2. The molecule has 0 saturated heterocycles. The second-order valence-corrected chi connectivity index (χ2v) is 9.75. The van der Waals surface area contributed by atoms with Crippen LogP contribution in [0.4, 0.5) is 0 Å². The molecule has 1 N–H and O–H groups in total. The summed E-state index contributed by atoms with van der Waals surface area (Å²) in [5.74, 6) is -1.00. The minimum Gasteiger partial charge on any atom is -0.345 e. The van der Waals surface area contributed by atoms with Crippen LogP contribution in [0.2, 0.25) is 0 Å². The molecule has 0 saturated carbocycles. The van der Waals surface area contributed by atoms with Crippen molar-refractivity contribution >= 4 is 17.7 Å². The topological polar surface area (TPSA) is 84.3 Å². The van der Waals surface area contributed by atoms with E-state index in [1.807, 2.05) is 23.0 Å². The van der Waals surface area contributed by atoms with E-state index in [9.17, 15) is 14.4 Å². The van der Waals surface area contributed by atoms with Crippen molar-refractivity contribution in [2.45, 2.75) is 39.7 Å². The number of amides is 3. The van der Waals surface area contributed by atoms with Gasteiger partial charge in [0.15, 0.2) is 0 Å². The third kappa shape index (κ3) is 3.44. The smallest absolute Gasteiger partial charge is 0.261 e. The van der Waals surface area contributed by atoms with Crippen LogP contribution in [-0.2, 0) is 6.42 Å². The lowest BCUT2D eigenvalue weighted by molar-refractivity contribution is 0.0692. The number of nitrogens with zero attached hydrogens (tertiary/aromatic N) is 3. The zero-order chi connectivity index (χ0) is 23.5. The fourth-order valence-corrected chi connectivity index (χ4v) is 4.92. The Morgan fingerprint density at radius 1 is 1.09 bits per heavy atom. The fraction of sp³-hybridized carbons (Fsp3) is 0.308. The Morgan fingerprint density at radius 2 is 1.82 bits per heavy atom. The number of hydrogen-bond acceptors (Lipinski definition) is 4. The van der Waals surface area contributed by atoms with E-state index in [0.717, 1.165) is 40.2 Å². The highest BCUT2D eigenvalue weighted by molar-refractivity contribution is 6.21. The number of nitrogens with one attached hydrogen (secondary N) is 1. The number of fused-ring (bicyclic) bond motifs is 2. The quantitative estimate of drug-likeness (QED) is 0.625. The van der Waals surface area contributed by atoms with E-state index in [1.54, 1.807) is 12.1 Å². The van der Waals surface area contributed by atoms with Gasteiger partial charge in [0, 0.05) is 18.2 Å². The first-order valence-corrected chi connectivity index (χ1v) is 11.1. The molecule has 7 nitrogen and oxygen atoms in total. The zero-order valence-electron chi connectivity index (χ0n) is 19.2. The molecule has 2 heterocycles. The van der Waals surface area contributed by atoms with E-state index in [4.69, 9.17) is 0 Å². The summed E-state index contributed by atoms with van der Waals surface area (Å²) in [6.45, 7) is 6.45. The van der Waals surface area contributed by atoms with Crippen LogP contribution in [0, 0.1) is 12.3 Å². The minimum atomic E-state index is -0.384. The van der Waals surface area contributed by atoms with Gasteiger partial charge in [-0.15, -0.1) is 0 Å². The van der Waals surface area contributed by atoms with Crippen LogP contribution in [0.25, 0.3) is 5.69 Å². The van der Waals surface area contributed by atoms with Gasteiger partial charge in [0.25, 0.3) is 17.7 Å². The van der Waals surface area contributed by atoms with E-state index in [-0.39, 0.29) is 34.7 Å². The molecular weight excluding hydrogens is 416 g/mol. The normalized spacial score (nSPS) is 18.8. The summed E-state index contributed by atoms with van der Waals surface area (Å²) in [6.07, 6.45) is 3.48. The van der Waals surface area contributed by atoms with E-state index in [0.29, 0.717) is 11.1 Å². The van der Waals surface area contributed by atoms with Gasteiger partial charge in [0.2, 0.25) is 0 Å². The van der Waals surface area contributed by atoms with Crippen LogP contribution < -0.4 is 5.32 Å². The summed E-state index contributed by atoms with van der Waals surface area (Å²) in [5, 5.41) is 7.83. The molecule has 1 aliphatic carbocycles. The molecule has 33 heavy (non-hydrogen) atoms. The molecule has 5 rings (SSSR count). The second-order valence-electron chi connectivity index (χ2n) is 9.75. The molecule has 2 aliphatic rings. The SMILES string of the molecule is Cc1ccccc1-n1ncc2c1CC(C)(C)C[C@@H]2NC(=O)c1ccc2c(c1)C(=O)N(C)C2=O. The van der Waals surface area contributed by atoms with Gasteiger partial charge in [0.05, 0.1) is 34.7 Å². The lowest BCUT2D eigenvalue weighted by Crippen LogP contribution is -2.36. The van der Waals surface area contributed by atoms with Crippen molar-refractivity contribution in [2.75, 3.05) is 7.05 Å². The first-order valence-electron chi connectivity index (χ1n) is 11.1. The van der Waals surface area contributed by atoms with E-state index < -0.39 is 0 Å². The summed E-state index contributed by atoms with van der Waals surface area (Å²) in [4.78, 5) is 38.8. The van der Waals surface area contributed by atoms with Gasteiger partial charge in [-0.1, -0.05) is 32.0 Å². The van der Waals surface area contributed by atoms with Crippen molar-refractivity contribution in [3.8, 4) is 5.69 Å². The maximum atomic E-state index is 13.2. The van der Waals surface area contributed by atoms with Crippen LogP contribution in [0.15, 0.2) is 48.7 Å². The van der Waals surface area contributed by atoms with Crippen LogP contribution in [-0.4, -0.2) is 39.4 Å². The monoisotopic (exact) mass is 442 g/mol. The molecule has 2 aromatic carbocycles. The van der Waals surface area contributed by atoms with Gasteiger partial charge in [0.1, 0.15) is 0 Å². The minimum absolute atomic E-state index is 0.0333. The van der Waals surface area contributed by atoms with Crippen molar-refractivity contribution in [3.63, 3.8) is 0 Å². The molecule has 0 spiro atoms. The van der Waals surface area contributed by atoms with Gasteiger partial charge in [-0.05, 0) is 55.0 Å². The van der Waals surface area contributed by atoms with Crippen LogP contribution in [0.3, 0.4) is 0 Å². The van der Waals surface area contributed by atoms with Crippen molar-refractivity contribution in [3.05, 3.63) is 82.2 Å². The summed E-state index contributed by atoms with van der Waals surface area (Å²) < 4.78 is 1.99. The highest BCUT2D eigenvalue weighted by atomic mass is 16.2. The van der Waals surface area contributed by atoms with Gasteiger partial charge in [-0.25, -0.2) is 4.68 Å². The molecule has 1 aliphatic heterocycles. The van der Waals surface area contributed by atoms with Crippen LogP contribution >= 0.6 is 0 Å². The molecule has 1 aromatic heterocycles.